The van der Waals surface area contributed by atoms with Crippen LogP contribution < -0.4 is 5.32 Å². The van der Waals surface area contributed by atoms with Crippen LogP contribution in [0.2, 0.25) is 0 Å². The quantitative estimate of drug-likeness (QED) is 0.750. The highest BCUT2D eigenvalue weighted by atomic mass is 16.5. The molecule has 1 aromatic rings. The molecule has 15 heavy (non-hydrogen) atoms. The van der Waals surface area contributed by atoms with Gasteiger partial charge in [0, 0.05) is 18.5 Å². The van der Waals surface area contributed by atoms with Crippen molar-refractivity contribution in [2.24, 2.45) is 0 Å². The van der Waals surface area contributed by atoms with Gasteiger partial charge in [0.25, 0.3) is 0 Å². The summed E-state index contributed by atoms with van der Waals surface area (Å²) in [7, 11) is 0. The fourth-order valence-corrected chi connectivity index (χ4v) is 2.85. The molecule has 1 aliphatic heterocycles. The van der Waals surface area contributed by atoms with Crippen LogP contribution in [0.15, 0.2) is 24.3 Å². The topological polar surface area (TPSA) is 21.3 Å². The van der Waals surface area contributed by atoms with E-state index in [0.717, 1.165) is 19.8 Å². The SMILES string of the molecule is c1ccc2c(c1)CCC2C1COCCN1. The van der Waals surface area contributed by atoms with Crippen LogP contribution >= 0.6 is 0 Å². The van der Waals surface area contributed by atoms with Gasteiger partial charge in [-0.05, 0) is 24.0 Å². The molecule has 2 nitrogen and oxygen atoms in total. The van der Waals surface area contributed by atoms with Gasteiger partial charge in [-0.25, -0.2) is 0 Å². The molecule has 1 heterocycles. The monoisotopic (exact) mass is 203 g/mol. The van der Waals surface area contributed by atoms with Crippen molar-refractivity contribution < 1.29 is 4.74 Å². The molecular formula is C13H17NO. The van der Waals surface area contributed by atoms with Gasteiger partial charge in [0.15, 0.2) is 0 Å². The van der Waals surface area contributed by atoms with Gasteiger partial charge in [0.1, 0.15) is 0 Å². The first-order valence-corrected chi connectivity index (χ1v) is 5.84. The third-order valence-corrected chi connectivity index (χ3v) is 3.62. The second kappa shape index (κ2) is 3.95. The number of nitrogens with one attached hydrogen (secondary N) is 1. The highest BCUT2D eigenvalue weighted by Crippen LogP contribution is 2.35. The third kappa shape index (κ3) is 1.68. The highest BCUT2D eigenvalue weighted by Gasteiger charge is 2.30. The Kier molecular flexibility index (Phi) is 2.47. The van der Waals surface area contributed by atoms with Gasteiger partial charge in [-0.3, -0.25) is 0 Å². The van der Waals surface area contributed by atoms with Crippen LogP contribution in [0, 0.1) is 0 Å². The van der Waals surface area contributed by atoms with Crippen molar-refractivity contribution in [2.75, 3.05) is 19.8 Å². The fraction of sp³-hybridized carbons (Fsp3) is 0.538. The first-order valence-electron chi connectivity index (χ1n) is 5.84. The number of ether oxygens (including phenoxy) is 1. The van der Waals surface area contributed by atoms with Crippen LogP contribution in [0.1, 0.15) is 23.5 Å². The van der Waals surface area contributed by atoms with E-state index in [4.69, 9.17) is 4.74 Å². The average Bonchev–Trinajstić information content (AvgIpc) is 2.74. The minimum absolute atomic E-state index is 0.530. The van der Waals surface area contributed by atoms with E-state index in [-0.39, 0.29) is 0 Å². The molecule has 1 saturated heterocycles. The van der Waals surface area contributed by atoms with Crippen LogP contribution in [0.3, 0.4) is 0 Å². The van der Waals surface area contributed by atoms with Crippen molar-refractivity contribution in [1.29, 1.82) is 0 Å². The van der Waals surface area contributed by atoms with Gasteiger partial charge in [-0.1, -0.05) is 24.3 Å². The summed E-state index contributed by atoms with van der Waals surface area (Å²) in [6.45, 7) is 2.74. The first-order chi connectivity index (χ1) is 7.45. The number of hydrogen-bond acceptors (Lipinski definition) is 2. The summed E-state index contributed by atoms with van der Waals surface area (Å²) < 4.78 is 5.55. The normalized spacial score (nSPS) is 30.1. The minimum atomic E-state index is 0.530. The number of rotatable bonds is 1. The van der Waals surface area contributed by atoms with Crippen LogP contribution in [0.25, 0.3) is 0 Å². The van der Waals surface area contributed by atoms with Gasteiger partial charge in [-0.2, -0.15) is 0 Å². The second-order valence-electron chi connectivity index (χ2n) is 4.48. The molecule has 2 unspecified atom stereocenters. The van der Waals surface area contributed by atoms with Gasteiger partial charge in [-0.15, -0.1) is 0 Å². The standard InChI is InChI=1S/C13H17NO/c1-2-4-11-10(3-1)5-6-12(11)13-9-15-8-7-14-13/h1-4,12-14H,5-9H2. The number of hydrogen-bond donors (Lipinski definition) is 1. The van der Waals surface area contributed by atoms with Gasteiger partial charge >= 0.3 is 0 Å². The molecule has 1 fully saturated rings. The molecule has 1 aliphatic carbocycles. The van der Waals surface area contributed by atoms with E-state index < -0.39 is 0 Å². The Labute approximate surface area is 90.6 Å². The molecule has 1 N–H and O–H groups in total. The van der Waals surface area contributed by atoms with Crippen LogP contribution in [-0.4, -0.2) is 25.8 Å². The van der Waals surface area contributed by atoms with Crippen molar-refractivity contribution in [2.45, 2.75) is 24.8 Å². The Morgan fingerprint density at radius 2 is 2.20 bits per heavy atom. The second-order valence-corrected chi connectivity index (χ2v) is 4.48. The van der Waals surface area contributed by atoms with E-state index in [2.05, 4.69) is 29.6 Å². The van der Waals surface area contributed by atoms with Crippen molar-refractivity contribution in [3.63, 3.8) is 0 Å². The van der Waals surface area contributed by atoms with E-state index in [1.54, 1.807) is 5.56 Å². The van der Waals surface area contributed by atoms with E-state index in [1.807, 2.05) is 0 Å². The molecule has 0 amide bonds. The maximum absolute atomic E-state index is 5.55. The molecular weight excluding hydrogens is 186 g/mol. The summed E-state index contributed by atoms with van der Waals surface area (Å²) in [4.78, 5) is 0. The zero-order valence-electron chi connectivity index (χ0n) is 8.91. The Bertz CT molecular complexity index is 344. The number of morpholine rings is 1. The largest absolute Gasteiger partial charge is 0.378 e. The fourth-order valence-electron chi connectivity index (χ4n) is 2.85. The first kappa shape index (κ1) is 9.37. The Morgan fingerprint density at radius 3 is 3.07 bits per heavy atom. The lowest BCUT2D eigenvalue weighted by molar-refractivity contribution is 0.0679. The lowest BCUT2D eigenvalue weighted by atomic mass is 9.93. The van der Waals surface area contributed by atoms with E-state index in [0.29, 0.717) is 12.0 Å². The lowest BCUT2D eigenvalue weighted by Gasteiger charge is -2.29. The van der Waals surface area contributed by atoms with Gasteiger partial charge in [0.2, 0.25) is 0 Å². The van der Waals surface area contributed by atoms with E-state index in [1.165, 1.54) is 18.4 Å². The van der Waals surface area contributed by atoms with Crippen molar-refractivity contribution in [3.8, 4) is 0 Å². The molecule has 0 bridgehead atoms. The van der Waals surface area contributed by atoms with E-state index in [9.17, 15) is 0 Å². The molecule has 80 valence electrons. The van der Waals surface area contributed by atoms with Crippen LogP contribution in [0.4, 0.5) is 0 Å². The predicted molar refractivity (Wildman–Crippen MR) is 60.1 cm³/mol. The molecule has 0 spiro atoms. The summed E-state index contributed by atoms with van der Waals surface area (Å²) in [5.74, 6) is 0.668. The Hall–Kier alpha value is -0.860. The predicted octanol–water partition coefficient (Wildman–Crippen LogP) is 1.70. The minimum Gasteiger partial charge on any atom is -0.378 e. The summed E-state index contributed by atoms with van der Waals surface area (Å²) in [5.41, 5.74) is 3.08. The summed E-state index contributed by atoms with van der Waals surface area (Å²) in [5, 5.41) is 3.58. The summed E-state index contributed by atoms with van der Waals surface area (Å²) in [6, 6.07) is 9.37. The van der Waals surface area contributed by atoms with Crippen LogP contribution in [-0.2, 0) is 11.2 Å². The number of fused-ring (bicyclic) bond motifs is 1. The van der Waals surface area contributed by atoms with Gasteiger partial charge in [0.05, 0.1) is 13.2 Å². The summed E-state index contributed by atoms with van der Waals surface area (Å²) >= 11 is 0. The molecule has 2 heteroatoms. The third-order valence-electron chi connectivity index (χ3n) is 3.62. The number of aryl methyl sites for hydroxylation is 1. The molecule has 2 atom stereocenters. The maximum Gasteiger partial charge on any atom is 0.0626 e. The molecule has 1 aromatic carbocycles. The highest BCUT2D eigenvalue weighted by molar-refractivity contribution is 5.36. The van der Waals surface area contributed by atoms with Gasteiger partial charge < -0.3 is 10.1 Å². The Morgan fingerprint density at radius 1 is 1.27 bits per heavy atom. The maximum atomic E-state index is 5.55. The van der Waals surface area contributed by atoms with Crippen molar-refractivity contribution in [1.82, 2.24) is 5.32 Å². The zero-order valence-corrected chi connectivity index (χ0v) is 8.91. The molecule has 3 rings (SSSR count). The van der Waals surface area contributed by atoms with E-state index >= 15 is 0 Å². The lowest BCUT2D eigenvalue weighted by Crippen LogP contribution is -2.44. The number of benzene rings is 1. The van der Waals surface area contributed by atoms with Crippen molar-refractivity contribution in [3.05, 3.63) is 35.4 Å². The van der Waals surface area contributed by atoms with Crippen LogP contribution in [0.5, 0.6) is 0 Å². The molecule has 0 radical (unpaired) electrons. The molecule has 2 aliphatic rings. The average molecular weight is 203 g/mol. The molecule has 0 saturated carbocycles. The zero-order chi connectivity index (χ0) is 10.1. The summed E-state index contributed by atoms with van der Waals surface area (Å²) in [6.07, 6.45) is 2.51. The Balaban J connectivity index is 1.83. The smallest absolute Gasteiger partial charge is 0.0626 e. The van der Waals surface area contributed by atoms with Crippen molar-refractivity contribution >= 4 is 0 Å². The molecule has 0 aromatic heterocycles.